The molecule has 0 bridgehead atoms. The number of rotatable bonds is 5. The zero-order valence-corrected chi connectivity index (χ0v) is 7.96. The highest BCUT2D eigenvalue weighted by molar-refractivity contribution is 5.78. The van der Waals surface area contributed by atoms with Crippen LogP contribution in [0.25, 0.3) is 0 Å². The van der Waals surface area contributed by atoms with E-state index in [2.05, 4.69) is 11.9 Å². The Balaban J connectivity index is 3.83. The lowest BCUT2D eigenvalue weighted by Gasteiger charge is -2.15. The number of allylic oxidation sites excluding steroid dienone is 1. The van der Waals surface area contributed by atoms with Crippen molar-refractivity contribution in [1.29, 1.82) is 0 Å². The molecule has 0 aromatic heterocycles. The Labute approximate surface area is 73.8 Å². The molecule has 0 unspecified atom stereocenters. The van der Waals surface area contributed by atoms with Crippen molar-refractivity contribution in [2.75, 3.05) is 13.8 Å². The van der Waals surface area contributed by atoms with Crippen LogP contribution in [0, 0.1) is 11.8 Å². The fourth-order valence-corrected chi connectivity index (χ4v) is 0.747. The minimum Gasteiger partial charge on any atom is -0.364 e. The van der Waals surface area contributed by atoms with Crippen molar-refractivity contribution >= 4 is 5.91 Å². The van der Waals surface area contributed by atoms with Crippen molar-refractivity contribution in [3.63, 3.8) is 0 Å². The van der Waals surface area contributed by atoms with Gasteiger partial charge in [-0.05, 0) is 5.92 Å². The highest BCUT2D eigenvalue weighted by atomic mass is 16.5. The molecule has 3 heteroatoms. The molecule has 0 radical (unpaired) electrons. The Bertz CT molecular complexity index is 157. The largest absolute Gasteiger partial charge is 0.364 e. The molecule has 0 aromatic rings. The normalized spacial score (nSPS) is 14.9. The summed E-state index contributed by atoms with van der Waals surface area (Å²) in [6, 6.07) is 0. The van der Waals surface area contributed by atoms with Crippen molar-refractivity contribution in [2.45, 2.75) is 13.8 Å². The van der Waals surface area contributed by atoms with Gasteiger partial charge in [0.1, 0.15) is 6.73 Å². The Hall–Kier alpha value is -0.830. The van der Waals surface area contributed by atoms with E-state index in [0.29, 0.717) is 0 Å². The Morgan fingerprint density at radius 1 is 1.67 bits per heavy atom. The number of nitrogens with one attached hydrogen (secondary N) is 1. The van der Waals surface area contributed by atoms with Crippen LogP contribution in [0.2, 0.25) is 0 Å². The van der Waals surface area contributed by atoms with Gasteiger partial charge in [0.25, 0.3) is 0 Å². The van der Waals surface area contributed by atoms with Crippen LogP contribution in [0.15, 0.2) is 12.7 Å². The minimum atomic E-state index is -0.0438. The molecule has 3 nitrogen and oxygen atoms in total. The van der Waals surface area contributed by atoms with Gasteiger partial charge >= 0.3 is 0 Å². The molecule has 0 aromatic carbocycles. The van der Waals surface area contributed by atoms with Crippen molar-refractivity contribution in [3.8, 4) is 0 Å². The summed E-state index contributed by atoms with van der Waals surface area (Å²) >= 11 is 0. The second-order valence-corrected chi connectivity index (χ2v) is 2.86. The number of carbonyl (C=O) groups is 1. The summed E-state index contributed by atoms with van der Waals surface area (Å²) in [5, 5.41) is 2.64. The predicted octanol–water partition coefficient (Wildman–Crippen LogP) is 1.16. The van der Waals surface area contributed by atoms with E-state index in [1.165, 1.54) is 0 Å². The topological polar surface area (TPSA) is 38.3 Å². The number of methoxy groups -OCH3 is 1. The molecule has 12 heavy (non-hydrogen) atoms. The van der Waals surface area contributed by atoms with Crippen LogP contribution in [-0.2, 0) is 9.53 Å². The Kier molecular flexibility index (Phi) is 5.37. The van der Waals surface area contributed by atoms with Crippen molar-refractivity contribution in [1.82, 2.24) is 5.32 Å². The second-order valence-electron chi connectivity index (χ2n) is 2.86. The van der Waals surface area contributed by atoms with Crippen LogP contribution < -0.4 is 5.32 Å². The molecule has 0 aliphatic rings. The summed E-state index contributed by atoms with van der Waals surface area (Å²) in [6.07, 6.45) is 1.77. The fourth-order valence-electron chi connectivity index (χ4n) is 0.747. The summed E-state index contributed by atoms with van der Waals surface area (Å²) in [5.74, 6) is 0.156. The SMILES string of the molecule is C=C[C@H](C)[C@@H](C)C(=O)NCOC. The molecule has 0 fully saturated rings. The summed E-state index contributed by atoms with van der Waals surface area (Å²) in [6.45, 7) is 7.74. The molecule has 0 aliphatic heterocycles. The maximum absolute atomic E-state index is 11.3. The van der Waals surface area contributed by atoms with Crippen LogP contribution in [-0.4, -0.2) is 19.7 Å². The first-order valence-corrected chi connectivity index (χ1v) is 4.02. The van der Waals surface area contributed by atoms with E-state index in [4.69, 9.17) is 4.74 Å². The van der Waals surface area contributed by atoms with Gasteiger partial charge in [-0.3, -0.25) is 4.79 Å². The summed E-state index contributed by atoms with van der Waals surface area (Å²) in [5.41, 5.74) is 0. The molecular formula is C9H17NO2. The highest BCUT2D eigenvalue weighted by Gasteiger charge is 2.16. The maximum atomic E-state index is 11.3. The first kappa shape index (κ1) is 11.2. The molecule has 70 valence electrons. The Morgan fingerprint density at radius 3 is 2.67 bits per heavy atom. The van der Waals surface area contributed by atoms with Crippen LogP contribution in [0.1, 0.15) is 13.8 Å². The number of amides is 1. The monoisotopic (exact) mass is 171 g/mol. The quantitative estimate of drug-likeness (QED) is 0.498. The Morgan fingerprint density at radius 2 is 2.25 bits per heavy atom. The van der Waals surface area contributed by atoms with Crippen LogP contribution in [0.5, 0.6) is 0 Å². The summed E-state index contributed by atoms with van der Waals surface area (Å²) < 4.78 is 4.72. The van der Waals surface area contributed by atoms with E-state index in [-0.39, 0.29) is 24.5 Å². The van der Waals surface area contributed by atoms with E-state index >= 15 is 0 Å². The van der Waals surface area contributed by atoms with E-state index < -0.39 is 0 Å². The third kappa shape index (κ3) is 3.53. The van der Waals surface area contributed by atoms with Gasteiger partial charge in [0.2, 0.25) is 5.91 Å². The molecule has 0 spiro atoms. The van der Waals surface area contributed by atoms with Crippen molar-refractivity contribution < 1.29 is 9.53 Å². The smallest absolute Gasteiger partial charge is 0.225 e. The third-order valence-corrected chi connectivity index (χ3v) is 1.96. The van der Waals surface area contributed by atoms with Crippen molar-refractivity contribution in [2.24, 2.45) is 11.8 Å². The summed E-state index contributed by atoms with van der Waals surface area (Å²) in [7, 11) is 1.54. The van der Waals surface area contributed by atoms with Crippen LogP contribution in [0.4, 0.5) is 0 Å². The number of hydrogen-bond acceptors (Lipinski definition) is 2. The van der Waals surface area contributed by atoms with Gasteiger partial charge in [-0.25, -0.2) is 0 Å². The predicted molar refractivity (Wildman–Crippen MR) is 48.5 cm³/mol. The first-order valence-electron chi connectivity index (χ1n) is 4.02. The van der Waals surface area contributed by atoms with E-state index in [9.17, 15) is 4.79 Å². The van der Waals surface area contributed by atoms with E-state index in [0.717, 1.165) is 0 Å². The van der Waals surface area contributed by atoms with Gasteiger partial charge < -0.3 is 10.1 Å². The van der Waals surface area contributed by atoms with E-state index in [1.807, 2.05) is 13.8 Å². The van der Waals surface area contributed by atoms with Crippen molar-refractivity contribution in [3.05, 3.63) is 12.7 Å². The third-order valence-electron chi connectivity index (χ3n) is 1.96. The zero-order valence-electron chi connectivity index (χ0n) is 7.96. The first-order chi connectivity index (χ1) is 5.63. The molecular weight excluding hydrogens is 154 g/mol. The lowest BCUT2D eigenvalue weighted by molar-refractivity contribution is -0.126. The minimum absolute atomic E-state index is 0.00394. The zero-order chi connectivity index (χ0) is 9.56. The van der Waals surface area contributed by atoms with E-state index in [1.54, 1.807) is 13.2 Å². The second kappa shape index (κ2) is 5.77. The lowest BCUT2D eigenvalue weighted by Crippen LogP contribution is -2.33. The number of ether oxygens (including phenoxy) is 1. The molecule has 0 aliphatic carbocycles. The average Bonchev–Trinajstić information content (AvgIpc) is 2.11. The van der Waals surface area contributed by atoms with Gasteiger partial charge in [-0.2, -0.15) is 0 Å². The standard InChI is InChI=1S/C9H17NO2/c1-5-7(2)8(3)9(11)10-6-12-4/h5,7-8H,1,6H2,2-4H3,(H,10,11)/t7-,8+/m0/s1. The molecule has 0 rings (SSSR count). The van der Waals surface area contributed by atoms with Gasteiger partial charge in [0, 0.05) is 13.0 Å². The van der Waals surface area contributed by atoms with Gasteiger partial charge in [-0.1, -0.05) is 19.9 Å². The molecule has 1 amide bonds. The molecule has 0 heterocycles. The number of hydrogen-bond donors (Lipinski definition) is 1. The molecule has 2 atom stereocenters. The molecule has 0 saturated carbocycles. The fraction of sp³-hybridized carbons (Fsp3) is 0.667. The van der Waals surface area contributed by atoms with Crippen LogP contribution >= 0.6 is 0 Å². The van der Waals surface area contributed by atoms with Gasteiger partial charge in [0.05, 0.1) is 0 Å². The molecule has 0 saturated heterocycles. The van der Waals surface area contributed by atoms with Gasteiger partial charge in [-0.15, -0.1) is 6.58 Å². The average molecular weight is 171 g/mol. The maximum Gasteiger partial charge on any atom is 0.225 e. The summed E-state index contributed by atoms with van der Waals surface area (Å²) in [4.78, 5) is 11.3. The van der Waals surface area contributed by atoms with Gasteiger partial charge in [0.15, 0.2) is 0 Å². The highest BCUT2D eigenvalue weighted by Crippen LogP contribution is 2.10. The van der Waals surface area contributed by atoms with Crippen LogP contribution in [0.3, 0.4) is 0 Å². The molecule has 1 N–H and O–H groups in total. The number of carbonyl (C=O) groups excluding carboxylic acids is 1. The lowest BCUT2D eigenvalue weighted by atomic mass is 9.95.